The Morgan fingerprint density at radius 1 is 1.50 bits per heavy atom. The maximum Gasteiger partial charge on any atom is 0.152 e. The van der Waals surface area contributed by atoms with Gasteiger partial charge in [-0.25, -0.2) is 0 Å². The molecule has 14 heavy (non-hydrogen) atoms. The fraction of sp³-hybridized carbons (Fsp3) is 0.100. The lowest BCUT2D eigenvalue weighted by Crippen LogP contribution is -1.77. The molecule has 0 bridgehead atoms. The van der Waals surface area contributed by atoms with Gasteiger partial charge in [-0.05, 0) is 18.4 Å². The summed E-state index contributed by atoms with van der Waals surface area (Å²) in [5.74, 6) is 0. The first-order chi connectivity index (χ1) is 6.76. The number of aldehydes is 1. The van der Waals surface area contributed by atoms with E-state index in [1.807, 2.05) is 24.5 Å². The summed E-state index contributed by atoms with van der Waals surface area (Å²) in [7, 11) is 0. The zero-order valence-corrected chi connectivity index (χ0v) is 10.6. The Labute approximate surface area is 98.6 Å². The van der Waals surface area contributed by atoms with Gasteiger partial charge in [0.2, 0.25) is 0 Å². The maximum atomic E-state index is 10.9. The molecule has 4 heteroatoms. The predicted molar refractivity (Wildman–Crippen MR) is 66.7 cm³/mol. The van der Waals surface area contributed by atoms with Gasteiger partial charge in [-0.15, -0.1) is 23.1 Å². The molecule has 0 radical (unpaired) electrons. The van der Waals surface area contributed by atoms with Crippen LogP contribution in [-0.4, -0.2) is 12.5 Å². The van der Waals surface area contributed by atoms with E-state index in [-0.39, 0.29) is 0 Å². The molecule has 0 N–H and O–H groups in total. The first-order valence-electron chi connectivity index (χ1n) is 3.97. The second-order valence-corrected chi connectivity index (χ2v) is 5.81. The lowest BCUT2D eigenvalue weighted by atomic mass is 10.2. The predicted octanol–water partition coefficient (Wildman–Crippen LogP) is 4.20. The lowest BCUT2D eigenvalue weighted by molar-refractivity contribution is 0.112. The van der Waals surface area contributed by atoms with Gasteiger partial charge in [-0.3, -0.25) is 4.79 Å². The Bertz CT molecular complexity index is 490. The molecule has 0 aliphatic heterocycles. The van der Waals surface area contributed by atoms with Crippen molar-refractivity contribution in [1.82, 2.24) is 0 Å². The highest BCUT2D eigenvalue weighted by Gasteiger charge is 2.10. The van der Waals surface area contributed by atoms with Crippen molar-refractivity contribution in [2.45, 2.75) is 4.21 Å². The topological polar surface area (TPSA) is 17.1 Å². The summed E-state index contributed by atoms with van der Waals surface area (Å²) in [5, 5.41) is 1.05. The Balaban J connectivity index is 2.79. The third-order valence-corrected chi connectivity index (χ3v) is 4.76. The summed E-state index contributed by atoms with van der Waals surface area (Å²) in [6, 6.07) is 6.00. The molecule has 0 unspecified atom stereocenters. The first kappa shape index (κ1) is 10.2. The molecule has 1 aromatic carbocycles. The smallest absolute Gasteiger partial charge is 0.152 e. The van der Waals surface area contributed by atoms with Gasteiger partial charge >= 0.3 is 0 Å². The second-order valence-electron chi connectivity index (χ2n) is 2.77. The first-order valence-corrected chi connectivity index (χ1v) is 6.81. The van der Waals surface area contributed by atoms with Crippen molar-refractivity contribution in [3.8, 4) is 0 Å². The van der Waals surface area contributed by atoms with E-state index >= 15 is 0 Å². The molecule has 0 aliphatic carbocycles. The van der Waals surface area contributed by atoms with E-state index in [4.69, 9.17) is 0 Å². The molecule has 0 fully saturated rings. The van der Waals surface area contributed by atoms with Crippen LogP contribution in [0.25, 0.3) is 10.1 Å². The van der Waals surface area contributed by atoms with Crippen molar-refractivity contribution in [3.05, 3.63) is 28.2 Å². The van der Waals surface area contributed by atoms with Crippen molar-refractivity contribution in [2.75, 3.05) is 6.26 Å². The summed E-state index contributed by atoms with van der Waals surface area (Å²) in [6.07, 6.45) is 2.94. The third kappa shape index (κ3) is 1.62. The summed E-state index contributed by atoms with van der Waals surface area (Å²) in [6.45, 7) is 0. The van der Waals surface area contributed by atoms with Crippen molar-refractivity contribution >= 4 is 55.4 Å². The molecular weight excluding hydrogens is 280 g/mol. The molecule has 72 valence electrons. The quantitative estimate of drug-likeness (QED) is 0.608. The summed E-state index contributed by atoms with van der Waals surface area (Å²) in [5.41, 5.74) is 0.824. The van der Waals surface area contributed by atoms with Crippen LogP contribution < -0.4 is 0 Å². The van der Waals surface area contributed by atoms with E-state index in [9.17, 15) is 4.79 Å². The molecule has 0 amide bonds. The van der Waals surface area contributed by atoms with Gasteiger partial charge in [-0.2, -0.15) is 0 Å². The van der Waals surface area contributed by atoms with Crippen molar-refractivity contribution < 1.29 is 4.79 Å². The van der Waals surface area contributed by atoms with Crippen LogP contribution in [0.1, 0.15) is 10.4 Å². The van der Waals surface area contributed by atoms with E-state index in [1.165, 1.54) is 0 Å². The Kier molecular flexibility index (Phi) is 2.95. The van der Waals surface area contributed by atoms with Crippen LogP contribution in [0.4, 0.5) is 0 Å². The number of thiophene rings is 1. The van der Waals surface area contributed by atoms with E-state index in [0.29, 0.717) is 0 Å². The van der Waals surface area contributed by atoms with Crippen molar-refractivity contribution in [3.63, 3.8) is 0 Å². The molecular formula is C10H7BrOS2. The molecule has 1 aromatic heterocycles. The number of fused-ring (bicyclic) bond motifs is 1. The average Bonchev–Trinajstić information content (AvgIpc) is 2.54. The Morgan fingerprint density at radius 3 is 2.93 bits per heavy atom. The van der Waals surface area contributed by atoms with E-state index in [0.717, 1.165) is 30.6 Å². The number of benzene rings is 1. The highest BCUT2D eigenvalue weighted by atomic mass is 79.9. The van der Waals surface area contributed by atoms with E-state index < -0.39 is 0 Å². The van der Waals surface area contributed by atoms with Crippen LogP contribution in [0.15, 0.2) is 26.9 Å². The molecule has 0 saturated heterocycles. The Hall–Kier alpha value is -0.320. The zero-order valence-electron chi connectivity index (χ0n) is 7.41. The standard InChI is InChI=1S/C10H7BrOS2/c1-13-10-8(5-12)7-3-2-6(11)4-9(7)14-10/h2-5H,1H3. The van der Waals surface area contributed by atoms with Crippen LogP contribution in [0.3, 0.4) is 0 Å². The highest BCUT2D eigenvalue weighted by molar-refractivity contribution is 9.10. The number of carbonyl (C=O) groups is 1. The van der Waals surface area contributed by atoms with Gasteiger partial charge in [0.25, 0.3) is 0 Å². The average molecular weight is 287 g/mol. The molecule has 1 nitrogen and oxygen atoms in total. The van der Waals surface area contributed by atoms with Crippen LogP contribution in [0.5, 0.6) is 0 Å². The molecule has 1 heterocycles. The van der Waals surface area contributed by atoms with E-state index in [1.54, 1.807) is 23.1 Å². The number of hydrogen-bond acceptors (Lipinski definition) is 3. The minimum absolute atomic E-state index is 0.824. The van der Waals surface area contributed by atoms with Gasteiger partial charge in [0.1, 0.15) is 0 Å². The van der Waals surface area contributed by atoms with Gasteiger partial charge in [0, 0.05) is 20.1 Å². The van der Waals surface area contributed by atoms with Gasteiger partial charge in [0.15, 0.2) is 6.29 Å². The molecule has 0 spiro atoms. The summed E-state index contributed by atoms with van der Waals surface area (Å²) < 4.78 is 3.30. The molecule has 0 saturated carbocycles. The summed E-state index contributed by atoms with van der Waals surface area (Å²) in [4.78, 5) is 10.9. The van der Waals surface area contributed by atoms with Crippen LogP contribution in [0, 0.1) is 0 Å². The number of halogens is 1. The normalized spacial score (nSPS) is 10.7. The molecule has 0 aliphatic rings. The number of carbonyl (C=O) groups excluding carboxylic acids is 1. The SMILES string of the molecule is CSc1sc2cc(Br)ccc2c1C=O. The Morgan fingerprint density at radius 2 is 2.29 bits per heavy atom. The number of thioether (sulfide) groups is 1. The third-order valence-electron chi connectivity index (χ3n) is 1.96. The number of rotatable bonds is 2. The largest absolute Gasteiger partial charge is 0.298 e. The van der Waals surface area contributed by atoms with E-state index in [2.05, 4.69) is 15.9 Å². The minimum atomic E-state index is 0.824. The highest BCUT2D eigenvalue weighted by Crippen LogP contribution is 2.37. The second kappa shape index (κ2) is 4.04. The van der Waals surface area contributed by atoms with Crippen molar-refractivity contribution in [1.29, 1.82) is 0 Å². The summed E-state index contributed by atoms with van der Waals surface area (Å²) >= 11 is 6.71. The fourth-order valence-corrected chi connectivity index (χ4v) is 3.77. The lowest BCUT2D eigenvalue weighted by Gasteiger charge is -1.91. The van der Waals surface area contributed by atoms with Gasteiger partial charge in [-0.1, -0.05) is 22.0 Å². The molecule has 2 rings (SSSR count). The maximum absolute atomic E-state index is 10.9. The molecule has 2 aromatic rings. The minimum Gasteiger partial charge on any atom is -0.298 e. The van der Waals surface area contributed by atoms with Crippen LogP contribution in [0.2, 0.25) is 0 Å². The van der Waals surface area contributed by atoms with Gasteiger partial charge < -0.3 is 0 Å². The fourth-order valence-electron chi connectivity index (χ4n) is 1.33. The molecule has 0 atom stereocenters. The number of hydrogen-bond donors (Lipinski definition) is 0. The monoisotopic (exact) mass is 286 g/mol. The van der Waals surface area contributed by atoms with Crippen molar-refractivity contribution in [2.24, 2.45) is 0 Å². The van der Waals surface area contributed by atoms with Crippen LogP contribution >= 0.6 is 39.0 Å². The van der Waals surface area contributed by atoms with Crippen LogP contribution in [-0.2, 0) is 0 Å². The van der Waals surface area contributed by atoms with Gasteiger partial charge in [0.05, 0.1) is 4.21 Å². The zero-order chi connectivity index (χ0) is 10.1.